The van der Waals surface area contributed by atoms with E-state index in [-0.39, 0.29) is 0 Å². The third-order valence-electron chi connectivity index (χ3n) is 3.83. The average molecular weight is 318 g/mol. The maximum absolute atomic E-state index is 10.9. The van der Waals surface area contributed by atoms with Gasteiger partial charge in [-0.3, -0.25) is 0 Å². The summed E-state index contributed by atoms with van der Waals surface area (Å²) in [5.74, 6) is -3.09. The maximum atomic E-state index is 10.9. The maximum Gasteiger partial charge on any atom is 0.287 e. The predicted octanol–water partition coefficient (Wildman–Crippen LogP) is 2.49. The second-order valence-electron chi connectivity index (χ2n) is 5.03. The third kappa shape index (κ3) is 3.09. The molecule has 0 bridgehead atoms. The van der Waals surface area contributed by atoms with Crippen LogP contribution in [0.5, 0.6) is 0 Å². The van der Waals surface area contributed by atoms with Crippen molar-refractivity contribution in [3.63, 3.8) is 0 Å². The van der Waals surface area contributed by atoms with E-state index in [1.54, 1.807) is 6.08 Å². The highest BCUT2D eigenvalue weighted by Crippen LogP contribution is 2.41. The molecular weight excluding hydrogens is 296 g/mol. The average Bonchev–Trinajstić information content (AvgIpc) is 2.60. The Kier molecular flexibility index (Phi) is 5.38. The van der Waals surface area contributed by atoms with Gasteiger partial charge in [-0.25, -0.2) is 0 Å². The fourth-order valence-electron chi connectivity index (χ4n) is 2.60. The lowest BCUT2D eigenvalue weighted by Crippen LogP contribution is -2.59. The number of hydrogen-bond donors (Lipinski definition) is 1. The summed E-state index contributed by atoms with van der Waals surface area (Å²) in [5.41, 5.74) is 1.75. The second kappa shape index (κ2) is 7.10. The van der Waals surface area contributed by atoms with Crippen molar-refractivity contribution in [2.75, 3.05) is 28.4 Å². The van der Waals surface area contributed by atoms with Gasteiger partial charge in [0.25, 0.3) is 5.79 Å². The number of ether oxygens (including phenoxy) is 4. The summed E-state index contributed by atoms with van der Waals surface area (Å²) >= 11 is 0. The van der Waals surface area contributed by atoms with E-state index in [2.05, 4.69) is 0 Å². The normalized spacial score (nSPS) is 23.5. The van der Waals surface area contributed by atoms with Gasteiger partial charge in [0.05, 0.1) is 7.11 Å². The summed E-state index contributed by atoms with van der Waals surface area (Å²) in [6.07, 6.45) is 7.05. The molecule has 23 heavy (non-hydrogen) atoms. The lowest BCUT2D eigenvalue weighted by molar-refractivity contribution is -0.352. The zero-order valence-electron chi connectivity index (χ0n) is 13.8. The molecule has 0 saturated carbocycles. The fourth-order valence-corrected chi connectivity index (χ4v) is 2.60. The molecule has 0 aliphatic heterocycles. The largest absolute Gasteiger partial charge is 0.495 e. The van der Waals surface area contributed by atoms with Gasteiger partial charge in [0.1, 0.15) is 0 Å². The van der Waals surface area contributed by atoms with E-state index in [1.807, 2.05) is 42.5 Å². The Labute approximate surface area is 136 Å². The Morgan fingerprint density at radius 1 is 0.913 bits per heavy atom. The zero-order valence-corrected chi connectivity index (χ0v) is 13.8. The number of rotatable bonds is 6. The first-order valence-corrected chi connectivity index (χ1v) is 7.15. The van der Waals surface area contributed by atoms with E-state index < -0.39 is 11.6 Å². The van der Waals surface area contributed by atoms with Gasteiger partial charge in [0, 0.05) is 21.3 Å². The van der Waals surface area contributed by atoms with E-state index in [0.717, 1.165) is 5.56 Å². The van der Waals surface area contributed by atoms with Crippen molar-refractivity contribution in [1.29, 1.82) is 0 Å². The molecule has 124 valence electrons. The first-order chi connectivity index (χ1) is 11.0. The minimum Gasteiger partial charge on any atom is -0.495 e. The summed E-state index contributed by atoms with van der Waals surface area (Å²) in [5, 5.41) is 10.9. The molecule has 1 unspecified atom stereocenters. The molecule has 0 saturated heterocycles. The van der Waals surface area contributed by atoms with E-state index >= 15 is 0 Å². The van der Waals surface area contributed by atoms with Crippen molar-refractivity contribution < 1.29 is 24.1 Å². The Bertz CT molecular complexity index is 614. The lowest BCUT2D eigenvalue weighted by atomic mass is 9.92. The minimum atomic E-state index is -1.83. The van der Waals surface area contributed by atoms with Crippen LogP contribution in [0.4, 0.5) is 0 Å². The van der Waals surface area contributed by atoms with Crippen molar-refractivity contribution >= 4 is 6.08 Å². The highest BCUT2D eigenvalue weighted by atomic mass is 16.8. The molecule has 1 aromatic carbocycles. The Hall–Kier alpha value is -1.92. The molecule has 1 N–H and O–H groups in total. The Morgan fingerprint density at radius 2 is 1.57 bits per heavy atom. The second-order valence-corrected chi connectivity index (χ2v) is 5.03. The van der Waals surface area contributed by atoms with Crippen LogP contribution in [-0.2, 0) is 18.9 Å². The van der Waals surface area contributed by atoms with Crippen LogP contribution in [0.1, 0.15) is 5.56 Å². The van der Waals surface area contributed by atoms with Crippen LogP contribution in [0.15, 0.2) is 59.9 Å². The van der Waals surface area contributed by atoms with Crippen molar-refractivity contribution in [1.82, 2.24) is 0 Å². The smallest absolute Gasteiger partial charge is 0.287 e. The molecular formula is C18H22O5. The predicted molar refractivity (Wildman–Crippen MR) is 87.4 cm³/mol. The standard InChI is InChI=1S/C18H22O5/c1-20-16-12-15(11-10-14-8-6-5-7-9-14)13-17(19,21-2)18(16,22-3)23-4/h5-13,19H,1-4H3/b11-10-. The highest BCUT2D eigenvalue weighted by Gasteiger charge is 2.57. The summed E-state index contributed by atoms with van der Waals surface area (Å²) in [6.45, 7) is 0. The van der Waals surface area contributed by atoms with Crippen molar-refractivity contribution in [2.45, 2.75) is 11.6 Å². The Morgan fingerprint density at radius 3 is 2.09 bits per heavy atom. The van der Waals surface area contributed by atoms with E-state index in [1.165, 1.54) is 34.5 Å². The van der Waals surface area contributed by atoms with E-state index in [0.29, 0.717) is 11.3 Å². The van der Waals surface area contributed by atoms with Gasteiger partial charge in [0.2, 0.25) is 5.79 Å². The van der Waals surface area contributed by atoms with Gasteiger partial charge >= 0.3 is 0 Å². The first kappa shape index (κ1) is 17.4. The van der Waals surface area contributed by atoms with Crippen LogP contribution in [-0.4, -0.2) is 45.1 Å². The molecule has 2 rings (SSSR count). The molecule has 1 aromatic rings. The Balaban J connectivity index is 2.43. The number of allylic oxidation sites excluding steroid dienone is 3. The third-order valence-corrected chi connectivity index (χ3v) is 3.83. The molecule has 0 aromatic heterocycles. The number of benzene rings is 1. The van der Waals surface area contributed by atoms with Crippen LogP contribution < -0.4 is 0 Å². The minimum absolute atomic E-state index is 0.307. The SMILES string of the molecule is COC1=CC(/C=C\c2ccccc2)=CC(O)(OC)C1(OC)OC. The summed E-state index contributed by atoms with van der Waals surface area (Å²) < 4.78 is 21.4. The van der Waals surface area contributed by atoms with Crippen LogP contribution in [0.2, 0.25) is 0 Å². The van der Waals surface area contributed by atoms with Crippen LogP contribution in [0, 0.1) is 0 Å². The van der Waals surface area contributed by atoms with Crippen LogP contribution in [0.3, 0.4) is 0 Å². The molecule has 0 heterocycles. The topological polar surface area (TPSA) is 57.2 Å². The van der Waals surface area contributed by atoms with E-state index in [4.69, 9.17) is 18.9 Å². The van der Waals surface area contributed by atoms with Gasteiger partial charge in [0.15, 0.2) is 5.76 Å². The summed E-state index contributed by atoms with van der Waals surface area (Å²) in [4.78, 5) is 0. The lowest BCUT2D eigenvalue weighted by Gasteiger charge is -2.44. The fraction of sp³-hybridized carbons (Fsp3) is 0.333. The van der Waals surface area contributed by atoms with Gasteiger partial charge < -0.3 is 24.1 Å². The van der Waals surface area contributed by atoms with Gasteiger partial charge in [-0.2, -0.15) is 0 Å². The molecule has 5 heteroatoms. The molecule has 0 amide bonds. The molecule has 1 atom stereocenters. The van der Waals surface area contributed by atoms with Gasteiger partial charge in [-0.05, 0) is 23.3 Å². The molecule has 0 fully saturated rings. The van der Waals surface area contributed by atoms with Gasteiger partial charge in [-0.15, -0.1) is 0 Å². The van der Waals surface area contributed by atoms with Crippen molar-refractivity contribution in [3.05, 3.63) is 65.5 Å². The van der Waals surface area contributed by atoms with E-state index in [9.17, 15) is 5.11 Å². The monoisotopic (exact) mass is 318 g/mol. The summed E-state index contributed by atoms with van der Waals surface area (Å²) in [7, 11) is 5.69. The van der Waals surface area contributed by atoms with Crippen LogP contribution in [0.25, 0.3) is 6.08 Å². The molecule has 1 aliphatic rings. The number of hydrogen-bond acceptors (Lipinski definition) is 5. The molecule has 0 radical (unpaired) electrons. The zero-order chi connectivity index (χ0) is 16.9. The summed E-state index contributed by atoms with van der Waals surface area (Å²) in [6, 6.07) is 9.83. The molecule has 0 spiro atoms. The first-order valence-electron chi connectivity index (χ1n) is 7.15. The number of aliphatic hydroxyl groups is 1. The molecule has 1 aliphatic carbocycles. The van der Waals surface area contributed by atoms with Crippen molar-refractivity contribution in [2.24, 2.45) is 0 Å². The number of methoxy groups -OCH3 is 4. The van der Waals surface area contributed by atoms with Crippen molar-refractivity contribution in [3.8, 4) is 0 Å². The van der Waals surface area contributed by atoms with Gasteiger partial charge in [-0.1, -0.05) is 42.5 Å². The molecule has 5 nitrogen and oxygen atoms in total. The van der Waals surface area contributed by atoms with Crippen LogP contribution >= 0.6 is 0 Å². The highest BCUT2D eigenvalue weighted by molar-refractivity contribution is 5.56. The quantitative estimate of drug-likeness (QED) is 0.817.